The lowest BCUT2D eigenvalue weighted by Crippen LogP contribution is -2.15. The second-order valence-electron chi connectivity index (χ2n) is 3.78. The minimum Gasteiger partial charge on any atom is -0.496 e. The number of ether oxygens (including phenoxy) is 1. The van der Waals surface area contributed by atoms with Gasteiger partial charge in [-0.15, -0.1) is 0 Å². The van der Waals surface area contributed by atoms with Crippen molar-refractivity contribution in [3.05, 3.63) is 27.3 Å². The van der Waals surface area contributed by atoms with E-state index in [1.54, 1.807) is 13.8 Å². The second-order valence-corrected chi connectivity index (χ2v) is 4.16. The lowest BCUT2D eigenvalue weighted by Gasteiger charge is -2.20. The summed E-state index contributed by atoms with van der Waals surface area (Å²) in [5.74, 6) is -3.59. The molecule has 0 aromatic heterocycles. The van der Waals surface area contributed by atoms with Gasteiger partial charge in [0.05, 0.1) is 12.7 Å². The molecule has 0 aliphatic rings. The number of halogens is 3. The van der Waals surface area contributed by atoms with E-state index >= 15 is 0 Å². The third kappa shape index (κ3) is 2.07. The van der Waals surface area contributed by atoms with Crippen LogP contribution in [0.3, 0.4) is 0 Å². The van der Waals surface area contributed by atoms with Gasteiger partial charge in [0, 0.05) is 5.02 Å². The molecular weight excluding hydrogens is 248 g/mol. The van der Waals surface area contributed by atoms with Gasteiger partial charge in [-0.1, -0.05) is 11.6 Å². The molecule has 0 heterocycles. The van der Waals surface area contributed by atoms with Gasteiger partial charge < -0.3 is 4.74 Å². The highest BCUT2D eigenvalue weighted by molar-refractivity contribution is 6.32. The maximum atomic E-state index is 13.6. The number of nitriles is 1. The first-order valence-electron chi connectivity index (χ1n) is 4.90. The third-order valence-corrected chi connectivity index (χ3v) is 3.39. The molecule has 1 aromatic rings. The van der Waals surface area contributed by atoms with Crippen molar-refractivity contribution in [3.63, 3.8) is 0 Å². The van der Waals surface area contributed by atoms with Crippen LogP contribution in [0, 0.1) is 32.1 Å². The standard InChI is InChI=1S/C12H12ClF2NO/c1-6-7(2)11(17-4)9(8(3)10(6)13)12(14,15)5-16/h1-4H3. The Balaban J connectivity index is 3.78. The zero-order chi connectivity index (χ0) is 13.4. The quantitative estimate of drug-likeness (QED) is 0.807. The van der Waals surface area contributed by atoms with Crippen molar-refractivity contribution in [3.8, 4) is 11.8 Å². The highest BCUT2D eigenvalue weighted by Crippen LogP contribution is 2.43. The number of hydrogen-bond acceptors (Lipinski definition) is 2. The number of alkyl halides is 2. The minimum atomic E-state index is -3.61. The number of benzene rings is 1. The number of methoxy groups -OCH3 is 1. The van der Waals surface area contributed by atoms with E-state index in [-0.39, 0.29) is 16.3 Å². The Morgan fingerprint density at radius 1 is 1.18 bits per heavy atom. The van der Waals surface area contributed by atoms with Crippen LogP contribution in [0.4, 0.5) is 8.78 Å². The van der Waals surface area contributed by atoms with E-state index in [0.29, 0.717) is 11.1 Å². The Labute approximate surface area is 104 Å². The van der Waals surface area contributed by atoms with Gasteiger partial charge in [0.25, 0.3) is 0 Å². The van der Waals surface area contributed by atoms with Gasteiger partial charge in [-0.25, -0.2) is 0 Å². The molecule has 0 aliphatic carbocycles. The fraction of sp³-hybridized carbons (Fsp3) is 0.417. The van der Waals surface area contributed by atoms with E-state index in [2.05, 4.69) is 0 Å². The van der Waals surface area contributed by atoms with Crippen molar-refractivity contribution in [2.75, 3.05) is 7.11 Å². The Kier molecular flexibility index (Phi) is 3.63. The first-order chi connectivity index (χ1) is 7.77. The molecular formula is C12H12ClF2NO. The van der Waals surface area contributed by atoms with Crippen LogP contribution in [0.25, 0.3) is 0 Å². The van der Waals surface area contributed by atoms with E-state index in [1.807, 2.05) is 0 Å². The van der Waals surface area contributed by atoms with Crippen LogP contribution in [0.15, 0.2) is 0 Å². The first kappa shape index (κ1) is 13.7. The monoisotopic (exact) mass is 259 g/mol. The summed E-state index contributed by atoms with van der Waals surface area (Å²) in [6.07, 6.45) is 0. The Morgan fingerprint density at radius 3 is 2.12 bits per heavy atom. The van der Waals surface area contributed by atoms with Gasteiger partial charge >= 0.3 is 5.92 Å². The van der Waals surface area contributed by atoms with Crippen LogP contribution in [0.1, 0.15) is 22.3 Å². The molecule has 0 spiro atoms. The average molecular weight is 260 g/mol. The maximum Gasteiger partial charge on any atom is 0.361 e. The first-order valence-corrected chi connectivity index (χ1v) is 5.28. The van der Waals surface area contributed by atoms with Crippen molar-refractivity contribution in [1.82, 2.24) is 0 Å². The molecule has 0 radical (unpaired) electrons. The average Bonchev–Trinajstić information content (AvgIpc) is 2.30. The Morgan fingerprint density at radius 2 is 1.71 bits per heavy atom. The van der Waals surface area contributed by atoms with E-state index in [0.717, 1.165) is 6.07 Å². The summed E-state index contributed by atoms with van der Waals surface area (Å²) in [5, 5.41) is 8.79. The van der Waals surface area contributed by atoms with Crippen LogP contribution in [0.5, 0.6) is 5.75 Å². The molecule has 0 N–H and O–H groups in total. The second kappa shape index (κ2) is 4.50. The molecule has 1 aromatic carbocycles. The van der Waals surface area contributed by atoms with Gasteiger partial charge in [0.2, 0.25) is 0 Å². The number of hydrogen-bond donors (Lipinski definition) is 0. The van der Waals surface area contributed by atoms with E-state index in [9.17, 15) is 8.78 Å². The fourth-order valence-corrected chi connectivity index (χ4v) is 2.01. The predicted molar refractivity (Wildman–Crippen MR) is 61.7 cm³/mol. The van der Waals surface area contributed by atoms with Crippen molar-refractivity contribution < 1.29 is 13.5 Å². The number of nitrogens with zero attached hydrogens (tertiary/aromatic N) is 1. The van der Waals surface area contributed by atoms with Gasteiger partial charge in [-0.05, 0) is 37.5 Å². The molecule has 0 saturated heterocycles. The van der Waals surface area contributed by atoms with Crippen LogP contribution < -0.4 is 4.74 Å². The summed E-state index contributed by atoms with van der Waals surface area (Å²) in [4.78, 5) is 0. The highest BCUT2D eigenvalue weighted by Gasteiger charge is 2.38. The zero-order valence-electron chi connectivity index (χ0n) is 9.99. The summed E-state index contributed by atoms with van der Waals surface area (Å²) in [7, 11) is 1.30. The zero-order valence-corrected chi connectivity index (χ0v) is 10.7. The Bertz CT molecular complexity index is 506. The minimum absolute atomic E-state index is 0.0240. The van der Waals surface area contributed by atoms with Crippen LogP contribution >= 0.6 is 11.6 Å². The van der Waals surface area contributed by atoms with Crippen molar-refractivity contribution in [2.45, 2.75) is 26.7 Å². The number of rotatable bonds is 2. The molecule has 2 nitrogen and oxygen atoms in total. The maximum absolute atomic E-state index is 13.6. The highest BCUT2D eigenvalue weighted by atomic mass is 35.5. The van der Waals surface area contributed by atoms with Crippen molar-refractivity contribution >= 4 is 11.6 Å². The molecule has 0 atom stereocenters. The third-order valence-electron chi connectivity index (χ3n) is 2.82. The largest absolute Gasteiger partial charge is 0.496 e. The van der Waals surface area contributed by atoms with E-state index in [4.69, 9.17) is 21.6 Å². The summed E-state index contributed by atoms with van der Waals surface area (Å²) in [5.41, 5.74) is 0.931. The van der Waals surface area contributed by atoms with Crippen LogP contribution in [-0.4, -0.2) is 7.11 Å². The van der Waals surface area contributed by atoms with Gasteiger partial charge in [-0.2, -0.15) is 14.0 Å². The lowest BCUT2D eigenvalue weighted by atomic mass is 9.95. The summed E-state index contributed by atoms with van der Waals surface area (Å²) < 4.78 is 32.2. The molecule has 1 rings (SSSR count). The summed E-state index contributed by atoms with van der Waals surface area (Å²) >= 11 is 5.98. The molecule has 0 unspecified atom stereocenters. The van der Waals surface area contributed by atoms with Crippen LogP contribution in [0.2, 0.25) is 5.02 Å². The molecule has 0 bridgehead atoms. The summed E-state index contributed by atoms with van der Waals surface area (Å²) in [6, 6.07) is 0.975. The van der Waals surface area contributed by atoms with Crippen molar-refractivity contribution in [2.24, 2.45) is 0 Å². The molecule has 0 saturated carbocycles. The molecule has 0 aliphatic heterocycles. The van der Waals surface area contributed by atoms with Gasteiger partial charge in [-0.3, -0.25) is 0 Å². The Hall–Kier alpha value is -1.34. The molecule has 0 fully saturated rings. The van der Waals surface area contributed by atoms with Crippen molar-refractivity contribution in [1.29, 1.82) is 5.26 Å². The van der Waals surface area contributed by atoms with Crippen LogP contribution in [-0.2, 0) is 5.92 Å². The van der Waals surface area contributed by atoms with E-state index in [1.165, 1.54) is 14.0 Å². The summed E-state index contributed by atoms with van der Waals surface area (Å²) in [6.45, 7) is 4.82. The van der Waals surface area contributed by atoms with E-state index < -0.39 is 11.5 Å². The smallest absolute Gasteiger partial charge is 0.361 e. The fourth-order valence-electron chi connectivity index (χ4n) is 1.77. The molecule has 17 heavy (non-hydrogen) atoms. The van der Waals surface area contributed by atoms with Gasteiger partial charge in [0.1, 0.15) is 11.8 Å². The SMILES string of the molecule is COc1c(C)c(C)c(Cl)c(C)c1C(F)(F)C#N. The van der Waals surface area contributed by atoms with Gasteiger partial charge in [0.15, 0.2) is 0 Å². The topological polar surface area (TPSA) is 33.0 Å². The predicted octanol–water partition coefficient (Wildman–Crippen LogP) is 3.89. The molecule has 92 valence electrons. The lowest BCUT2D eigenvalue weighted by molar-refractivity contribution is 0.0575. The molecule has 5 heteroatoms. The molecule has 0 amide bonds. The normalized spacial score (nSPS) is 11.2.